The van der Waals surface area contributed by atoms with E-state index in [1.165, 1.54) is 6.07 Å². The highest BCUT2D eigenvalue weighted by Gasteiger charge is 2.32. The van der Waals surface area contributed by atoms with Gasteiger partial charge >= 0.3 is 0 Å². The van der Waals surface area contributed by atoms with E-state index in [0.717, 1.165) is 12.8 Å². The molecule has 2 saturated heterocycles. The lowest BCUT2D eigenvalue weighted by Gasteiger charge is -2.33. The molecule has 2 aliphatic heterocycles. The standard InChI is InChI=1S/C16H20FNO3/c1-11-2-3-13(10-14(11)17)15(19)18-6-4-12(5-7-18)16-20-8-9-21-16/h2-3,10,12,16H,4-9H2,1H3. The summed E-state index contributed by atoms with van der Waals surface area (Å²) in [5.74, 6) is -0.0737. The minimum absolute atomic E-state index is 0.0967. The van der Waals surface area contributed by atoms with Gasteiger partial charge in [-0.25, -0.2) is 4.39 Å². The smallest absolute Gasteiger partial charge is 0.253 e. The number of hydrogen-bond acceptors (Lipinski definition) is 3. The summed E-state index contributed by atoms with van der Waals surface area (Å²) in [5.41, 5.74) is 0.978. The zero-order chi connectivity index (χ0) is 14.8. The van der Waals surface area contributed by atoms with Crippen molar-refractivity contribution in [3.63, 3.8) is 0 Å². The molecule has 0 saturated carbocycles. The average molecular weight is 293 g/mol. The number of hydrogen-bond donors (Lipinski definition) is 0. The Morgan fingerprint density at radius 2 is 1.90 bits per heavy atom. The molecule has 0 N–H and O–H groups in total. The Balaban J connectivity index is 1.60. The van der Waals surface area contributed by atoms with Gasteiger partial charge < -0.3 is 14.4 Å². The number of ether oxygens (including phenoxy) is 2. The number of nitrogens with zero attached hydrogens (tertiary/aromatic N) is 1. The molecule has 1 aromatic carbocycles. The molecule has 0 atom stereocenters. The van der Waals surface area contributed by atoms with Crippen LogP contribution in [0.2, 0.25) is 0 Å². The third-order valence-electron chi connectivity index (χ3n) is 4.28. The summed E-state index contributed by atoms with van der Waals surface area (Å²) in [6.07, 6.45) is 1.62. The molecule has 2 fully saturated rings. The Bertz CT molecular complexity index is 520. The SMILES string of the molecule is Cc1ccc(C(=O)N2CCC(C3OCCO3)CC2)cc1F. The molecule has 0 aliphatic carbocycles. The molecular weight excluding hydrogens is 273 g/mol. The summed E-state index contributed by atoms with van der Waals surface area (Å²) in [6, 6.07) is 4.67. The number of amides is 1. The molecular formula is C16H20FNO3. The van der Waals surface area contributed by atoms with Gasteiger partial charge in [-0.1, -0.05) is 6.07 Å². The second-order valence-corrected chi connectivity index (χ2v) is 5.70. The molecule has 3 rings (SSSR count). The second kappa shape index (κ2) is 6.12. The summed E-state index contributed by atoms with van der Waals surface area (Å²) in [5, 5.41) is 0. The van der Waals surface area contributed by atoms with Gasteiger partial charge in [-0.2, -0.15) is 0 Å². The van der Waals surface area contributed by atoms with Crippen LogP contribution < -0.4 is 0 Å². The van der Waals surface area contributed by atoms with Gasteiger partial charge in [-0.05, 0) is 37.5 Å². The third-order valence-corrected chi connectivity index (χ3v) is 4.28. The Morgan fingerprint density at radius 3 is 2.52 bits per heavy atom. The summed E-state index contributed by atoms with van der Waals surface area (Å²) in [6.45, 7) is 4.35. The molecule has 114 valence electrons. The Kier molecular flexibility index (Phi) is 4.22. The monoisotopic (exact) mass is 293 g/mol. The molecule has 0 aromatic heterocycles. The normalized spacial score (nSPS) is 21.0. The average Bonchev–Trinajstić information content (AvgIpc) is 3.04. The Labute approximate surface area is 123 Å². The second-order valence-electron chi connectivity index (χ2n) is 5.70. The van der Waals surface area contributed by atoms with Crippen LogP contribution in [0.25, 0.3) is 0 Å². The molecule has 0 radical (unpaired) electrons. The van der Waals surface area contributed by atoms with E-state index in [0.29, 0.717) is 43.3 Å². The van der Waals surface area contributed by atoms with Gasteiger partial charge in [0.2, 0.25) is 0 Å². The number of benzene rings is 1. The first-order valence-corrected chi connectivity index (χ1v) is 7.44. The zero-order valence-corrected chi connectivity index (χ0v) is 12.2. The first-order valence-electron chi connectivity index (χ1n) is 7.44. The molecule has 21 heavy (non-hydrogen) atoms. The molecule has 2 aliphatic rings. The van der Waals surface area contributed by atoms with E-state index >= 15 is 0 Å². The lowest BCUT2D eigenvalue weighted by molar-refractivity contribution is -0.0956. The van der Waals surface area contributed by atoms with Gasteiger partial charge in [0, 0.05) is 24.6 Å². The van der Waals surface area contributed by atoms with Crippen molar-refractivity contribution in [2.24, 2.45) is 5.92 Å². The van der Waals surface area contributed by atoms with E-state index in [4.69, 9.17) is 9.47 Å². The number of carbonyl (C=O) groups is 1. The van der Waals surface area contributed by atoms with Crippen molar-refractivity contribution in [3.8, 4) is 0 Å². The highest BCUT2D eigenvalue weighted by Crippen LogP contribution is 2.26. The summed E-state index contributed by atoms with van der Waals surface area (Å²) >= 11 is 0. The van der Waals surface area contributed by atoms with Crippen LogP contribution in [0.5, 0.6) is 0 Å². The van der Waals surface area contributed by atoms with Crippen molar-refractivity contribution in [1.82, 2.24) is 4.90 Å². The van der Waals surface area contributed by atoms with Gasteiger partial charge in [-0.3, -0.25) is 4.79 Å². The first kappa shape index (κ1) is 14.5. The fraction of sp³-hybridized carbons (Fsp3) is 0.562. The van der Waals surface area contributed by atoms with Crippen LogP contribution in [0.1, 0.15) is 28.8 Å². The van der Waals surface area contributed by atoms with Gasteiger partial charge in [-0.15, -0.1) is 0 Å². The third kappa shape index (κ3) is 3.09. The minimum atomic E-state index is -0.330. The molecule has 2 heterocycles. The summed E-state index contributed by atoms with van der Waals surface area (Å²) < 4.78 is 24.6. The first-order chi connectivity index (χ1) is 10.1. The number of aryl methyl sites for hydroxylation is 1. The zero-order valence-electron chi connectivity index (χ0n) is 12.2. The van der Waals surface area contributed by atoms with Crippen LogP contribution in [-0.2, 0) is 9.47 Å². The van der Waals surface area contributed by atoms with Crippen molar-refractivity contribution in [2.75, 3.05) is 26.3 Å². The highest BCUT2D eigenvalue weighted by molar-refractivity contribution is 5.94. The van der Waals surface area contributed by atoms with E-state index in [1.54, 1.807) is 24.0 Å². The van der Waals surface area contributed by atoms with Crippen molar-refractivity contribution in [1.29, 1.82) is 0 Å². The van der Waals surface area contributed by atoms with Crippen molar-refractivity contribution >= 4 is 5.91 Å². The number of rotatable bonds is 2. The van der Waals surface area contributed by atoms with Gasteiger partial charge in [0.1, 0.15) is 5.82 Å². The minimum Gasteiger partial charge on any atom is -0.350 e. The van der Waals surface area contributed by atoms with E-state index in [9.17, 15) is 9.18 Å². The Hall–Kier alpha value is -1.46. The van der Waals surface area contributed by atoms with Crippen molar-refractivity contribution in [2.45, 2.75) is 26.1 Å². The predicted octanol–water partition coefficient (Wildman–Crippen LogP) is 2.36. The topological polar surface area (TPSA) is 38.8 Å². The molecule has 5 heteroatoms. The number of piperidine rings is 1. The summed E-state index contributed by atoms with van der Waals surface area (Å²) in [4.78, 5) is 14.2. The van der Waals surface area contributed by atoms with Crippen LogP contribution in [0.15, 0.2) is 18.2 Å². The predicted molar refractivity (Wildman–Crippen MR) is 75.5 cm³/mol. The number of halogens is 1. The fourth-order valence-corrected chi connectivity index (χ4v) is 2.93. The quantitative estimate of drug-likeness (QED) is 0.840. The van der Waals surface area contributed by atoms with E-state index in [2.05, 4.69) is 0 Å². The largest absolute Gasteiger partial charge is 0.350 e. The van der Waals surface area contributed by atoms with E-state index in [1.807, 2.05) is 0 Å². The number of carbonyl (C=O) groups excluding carboxylic acids is 1. The van der Waals surface area contributed by atoms with Gasteiger partial charge in [0.25, 0.3) is 5.91 Å². The van der Waals surface area contributed by atoms with Gasteiger partial charge in [0.15, 0.2) is 6.29 Å². The molecule has 4 nitrogen and oxygen atoms in total. The van der Waals surface area contributed by atoms with Crippen LogP contribution in [0, 0.1) is 18.7 Å². The van der Waals surface area contributed by atoms with Crippen molar-refractivity contribution < 1.29 is 18.7 Å². The summed E-state index contributed by atoms with van der Waals surface area (Å²) in [7, 11) is 0. The maximum Gasteiger partial charge on any atom is 0.253 e. The van der Waals surface area contributed by atoms with E-state index in [-0.39, 0.29) is 18.0 Å². The lowest BCUT2D eigenvalue weighted by Crippen LogP contribution is -2.41. The molecule has 1 aromatic rings. The van der Waals surface area contributed by atoms with Gasteiger partial charge in [0.05, 0.1) is 13.2 Å². The highest BCUT2D eigenvalue weighted by atomic mass is 19.1. The molecule has 0 spiro atoms. The van der Waals surface area contributed by atoms with Crippen LogP contribution in [0.3, 0.4) is 0 Å². The van der Waals surface area contributed by atoms with E-state index < -0.39 is 0 Å². The maximum atomic E-state index is 13.6. The Morgan fingerprint density at radius 1 is 1.24 bits per heavy atom. The maximum absolute atomic E-state index is 13.6. The van der Waals surface area contributed by atoms with Crippen molar-refractivity contribution in [3.05, 3.63) is 35.1 Å². The molecule has 0 bridgehead atoms. The fourth-order valence-electron chi connectivity index (χ4n) is 2.93. The molecule has 0 unspecified atom stereocenters. The lowest BCUT2D eigenvalue weighted by atomic mass is 9.95. The van der Waals surface area contributed by atoms with Crippen LogP contribution >= 0.6 is 0 Å². The van der Waals surface area contributed by atoms with Crippen LogP contribution in [-0.4, -0.2) is 43.4 Å². The van der Waals surface area contributed by atoms with Crippen LogP contribution in [0.4, 0.5) is 4.39 Å². The number of likely N-dealkylation sites (tertiary alicyclic amines) is 1. The molecule has 1 amide bonds.